The fourth-order valence-corrected chi connectivity index (χ4v) is 1.70. The van der Waals surface area contributed by atoms with E-state index in [0.717, 1.165) is 11.1 Å². The average Bonchev–Trinajstić information content (AvgIpc) is 2.39. The smallest absolute Gasteiger partial charge is 0.225 e. The van der Waals surface area contributed by atoms with Gasteiger partial charge in [-0.3, -0.25) is 4.79 Å². The number of hydrogen-bond donors (Lipinski definition) is 1. The molecular formula is C15H15FN2O. The minimum Gasteiger partial charge on any atom is -0.311 e. The lowest BCUT2D eigenvalue weighted by Gasteiger charge is -2.05. The number of anilines is 1. The van der Waals surface area contributed by atoms with Crippen LogP contribution in [0.5, 0.6) is 0 Å². The fourth-order valence-electron chi connectivity index (χ4n) is 1.70. The van der Waals surface area contributed by atoms with Crippen LogP contribution in [0.2, 0.25) is 0 Å². The zero-order valence-corrected chi connectivity index (χ0v) is 10.7. The van der Waals surface area contributed by atoms with Gasteiger partial charge in [-0.25, -0.2) is 9.37 Å². The number of pyridine rings is 1. The van der Waals surface area contributed by atoms with E-state index in [1.807, 2.05) is 13.0 Å². The molecule has 0 bridgehead atoms. The Morgan fingerprint density at radius 3 is 2.84 bits per heavy atom. The molecule has 0 radical (unpaired) electrons. The van der Waals surface area contributed by atoms with Crippen molar-refractivity contribution in [2.75, 3.05) is 5.32 Å². The minimum atomic E-state index is -0.280. The second-order valence-electron chi connectivity index (χ2n) is 4.40. The normalized spacial score (nSPS) is 10.2. The molecule has 2 aromatic rings. The maximum absolute atomic E-state index is 13.0. The number of rotatable bonds is 4. The van der Waals surface area contributed by atoms with Gasteiger partial charge < -0.3 is 5.32 Å². The van der Waals surface area contributed by atoms with Gasteiger partial charge >= 0.3 is 0 Å². The van der Waals surface area contributed by atoms with Gasteiger partial charge in [0.15, 0.2) is 0 Å². The van der Waals surface area contributed by atoms with Gasteiger partial charge in [-0.2, -0.15) is 0 Å². The Balaban J connectivity index is 1.86. The van der Waals surface area contributed by atoms with E-state index < -0.39 is 0 Å². The van der Waals surface area contributed by atoms with Crippen molar-refractivity contribution in [2.24, 2.45) is 0 Å². The van der Waals surface area contributed by atoms with Gasteiger partial charge in [0, 0.05) is 12.6 Å². The molecule has 1 aromatic carbocycles. The minimum absolute atomic E-state index is 0.124. The Hall–Kier alpha value is -2.23. The molecular weight excluding hydrogens is 243 g/mol. The predicted molar refractivity (Wildman–Crippen MR) is 72.3 cm³/mol. The first-order chi connectivity index (χ1) is 9.13. The van der Waals surface area contributed by atoms with Crippen molar-refractivity contribution in [3.05, 3.63) is 59.5 Å². The van der Waals surface area contributed by atoms with Crippen molar-refractivity contribution < 1.29 is 9.18 Å². The highest BCUT2D eigenvalue weighted by molar-refractivity contribution is 5.89. The molecule has 0 aliphatic heterocycles. The van der Waals surface area contributed by atoms with Crippen LogP contribution in [0.1, 0.15) is 17.5 Å². The SMILES string of the molecule is Cc1ccc(NC(=O)CCc2cccc(F)c2)nc1. The third kappa shape index (κ3) is 4.17. The zero-order valence-electron chi connectivity index (χ0n) is 10.7. The standard InChI is InChI=1S/C15H15FN2O/c1-11-5-7-14(17-10-11)18-15(19)8-6-12-3-2-4-13(16)9-12/h2-5,7,9-10H,6,8H2,1H3,(H,17,18,19). The Kier molecular flexibility index (Phi) is 4.23. The summed E-state index contributed by atoms with van der Waals surface area (Å²) in [6.45, 7) is 1.93. The largest absolute Gasteiger partial charge is 0.311 e. The summed E-state index contributed by atoms with van der Waals surface area (Å²) in [6.07, 6.45) is 2.51. The second kappa shape index (κ2) is 6.09. The van der Waals surface area contributed by atoms with Crippen LogP contribution in [0.4, 0.5) is 10.2 Å². The zero-order chi connectivity index (χ0) is 13.7. The van der Waals surface area contributed by atoms with E-state index in [0.29, 0.717) is 18.7 Å². The Labute approximate surface area is 111 Å². The maximum atomic E-state index is 13.0. The summed E-state index contributed by atoms with van der Waals surface area (Å²) < 4.78 is 13.0. The topological polar surface area (TPSA) is 42.0 Å². The van der Waals surface area contributed by atoms with Crippen molar-refractivity contribution in [3.8, 4) is 0 Å². The van der Waals surface area contributed by atoms with Gasteiger partial charge in [0.25, 0.3) is 0 Å². The van der Waals surface area contributed by atoms with Crippen LogP contribution in [0.25, 0.3) is 0 Å². The number of carbonyl (C=O) groups is 1. The number of hydrogen-bond acceptors (Lipinski definition) is 2. The first-order valence-electron chi connectivity index (χ1n) is 6.10. The first-order valence-corrected chi connectivity index (χ1v) is 6.10. The molecule has 0 atom stereocenters. The first kappa shape index (κ1) is 13.2. The molecule has 0 aliphatic rings. The molecule has 0 fully saturated rings. The molecule has 4 heteroatoms. The molecule has 1 aromatic heterocycles. The predicted octanol–water partition coefficient (Wildman–Crippen LogP) is 3.10. The summed E-state index contributed by atoms with van der Waals surface area (Å²) in [5, 5.41) is 2.71. The number of carbonyl (C=O) groups excluding carboxylic acids is 1. The van der Waals surface area contributed by atoms with Gasteiger partial charge in [0.2, 0.25) is 5.91 Å². The summed E-state index contributed by atoms with van der Waals surface area (Å²) in [4.78, 5) is 15.8. The van der Waals surface area contributed by atoms with Crippen molar-refractivity contribution in [2.45, 2.75) is 19.8 Å². The number of halogens is 1. The Morgan fingerprint density at radius 2 is 2.16 bits per heavy atom. The van der Waals surface area contributed by atoms with Crippen LogP contribution in [0, 0.1) is 12.7 Å². The number of nitrogens with one attached hydrogen (secondary N) is 1. The fraction of sp³-hybridized carbons (Fsp3) is 0.200. The highest BCUT2D eigenvalue weighted by Crippen LogP contribution is 2.08. The van der Waals surface area contributed by atoms with Gasteiger partial charge in [0.1, 0.15) is 11.6 Å². The lowest BCUT2D eigenvalue weighted by molar-refractivity contribution is -0.116. The third-order valence-electron chi connectivity index (χ3n) is 2.71. The van der Waals surface area contributed by atoms with Crippen molar-refractivity contribution in [3.63, 3.8) is 0 Å². The molecule has 0 saturated carbocycles. The summed E-state index contributed by atoms with van der Waals surface area (Å²) in [5.41, 5.74) is 1.85. The van der Waals surface area contributed by atoms with E-state index in [1.54, 1.807) is 24.4 Å². The molecule has 1 N–H and O–H groups in total. The molecule has 0 unspecified atom stereocenters. The summed E-state index contributed by atoms with van der Waals surface area (Å²) in [5.74, 6) is 0.133. The van der Waals surface area contributed by atoms with Gasteiger partial charge in [-0.1, -0.05) is 18.2 Å². The van der Waals surface area contributed by atoms with Gasteiger partial charge in [-0.05, 0) is 42.7 Å². The number of aryl methyl sites for hydroxylation is 2. The van der Waals surface area contributed by atoms with Crippen LogP contribution < -0.4 is 5.32 Å². The van der Waals surface area contributed by atoms with Crippen molar-refractivity contribution in [1.29, 1.82) is 0 Å². The van der Waals surface area contributed by atoms with E-state index in [-0.39, 0.29) is 11.7 Å². The molecule has 19 heavy (non-hydrogen) atoms. The molecule has 0 spiro atoms. The van der Waals surface area contributed by atoms with E-state index in [1.165, 1.54) is 12.1 Å². The monoisotopic (exact) mass is 258 g/mol. The molecule has 2 rings (SSSR count). The number of nitrogens with zero attached hydrogens (tertiary/aromatic N) is 1. The second-order valence-corrected chi connectivity index (χ2v) is 4.40. The number of amides is 1. The highest BCUT2D eigenvalue weighted by atomic mass is 19.1. The summed E-state index contributed by atoms with van der Waals surface area (Å²) >= 11 is 0. The van der Waals surface area contributed by atoms with Crippen LogP contribution in [0.3, 0.4) is 0 Å². The van der Waals surface area contributed by atoms with Crippen molar-refractivity contribution in [1.82, 2.24) is 4.98 Å². The molecule has 98 valence electrons. The number of benzene rings is 1. The third-order valence-corrected chi connectivity index (χ3v) is 2.71. The van der Waals surface area contributed by atoms with Gasteiger partial charge in [0.05, 0.1) is 0 Å². The Bertz CT molecular complexity index is 567. The quantitative estimate of drug-likeness (QED) is 0.915. The van der Waals surface area contributed by atoms with Crippen LogP contribution >= 0.6 is 0 Å². The van der Waals surface area contributed by atoms with E-state index in [2.05, 4.69) is 10.3 Å². The Morgan fingerprint density at radius 1 is 1.32 bits per heavy atom. The average molecular weight is 258 g/mol. The van der Waals surface area contributed by atoms with Crippen LogP contribution in [0.15, 0.2) is 42.6 Å². The molecule has 0 saturated heterocycles. The lowest BCUT2D eigenvalue weighted by Crippen LogP contribution is -2.13. The van der Waals surface area contributed by atoms with Gasteiger partial charge in [-0.15, -0.1) is 0 Å². The molecule has 1 amide bonds. The van der Waals surface area contributed by atoms with E-state index in [9.17, 15) is 9.18 Å². The number of aromatic nitrogens is 1. The lowest BCUT2D eigenvalue weighted by atomic mass is 10.1. The summed E-state index contributed by atoms with van der Waals surface area (Å²) in [7, 11) is 0. The molecule has 0 aliphatic carbocycles. The van der Waals surface area contributed by atoms with Crippen LogP contribution in [-0.4, -0.2) is 10.9 Å². The summed E-state index contributed by atoms with van der Waals surface area (Å²) in [6, 6.07) is 9.92. The van der Waals surface area contributed by atoms with Crippen LogP contribution in [-0.2, 0) is 11.2 Å². The molecule has 3 nitrogen and oxygen atoms in total. The maximum Gasteiger partial charge on any atom is 0.225 e. The molecule has 1 heterocycles. The van der Waals surface area contributed by atoms with E-state index in [4.69, 9.17) is 0 Å². The van der Waals surface area contributed by atoms with E-state index >= 15 is 0 Å². The van der Waals surface area contributed by atoms with Crippen molar-refractivity contribution >= 4 is 11.7 Å². The highest BCUT2D eigenvalue weighted by Gasteiger charge is 2.04.